The van der Waals surface area contributed by atoms with E-state index in [-0.39, 0.29) is 5.91 Å². The van der Waals surface area contributed by atoms with E-state index in [4.69, 9.17) is 0 Å². The van der Waals surface area contributed by atoms with E-state index in [1.54, 1.807) is 0 Å². The van der Waals surface area contributed by atoms with Gasteiger partial charge in [-0.15, -0.1) is 0 Å². The van der Waals surface area contributed by atoms with Crippen LogP contribution in [0.15, 0.2) is 0 Å². The molecule has 1 amide bonds. The molecule has 4 nitrogen and oxygen atoms in total. The maximum Gasteiger partial charge on any atom is 0.234 e. The van der Waals surface area contributed by atoms with Crippen LogP contribution >= 0.6 is 0 Å². The summed E-state index contributed by atoms with van der Waals surface area (Å²) in [5.41, 5.74) is 0. The summed E-state index contributed by atoms with van der Waals surface area (Å²) >= 11 is 0. The largest absolute Gasteiger partial charge is 0.353 e. The molecule has 0 aliphatic carbocycles. The average molecular weight is 197 g/mol. The summed E-state index contributed by atoms with van der Waals surface area (Å²) in [6, 6.07) is 1.04. The summed E-state index contributed by atoms with van der Waals surface area (Å²) in [5, 5.41) is 6.44. The van der Waals surface area contributed by atoms with Gasteiger partial charge in [0.2, 0.25) is 5.91 Å². The molecule has 0 saturated carbocycles. The van der Waals surface area contributed by atoms with Gasteiger partial charge < -0.3 is 10.6 Å². The molecule has 2 aliphatic rings. The zero-order valence-corrected chi connectivity index (χ0v) is 8.92. The van der Waals surface area contributed by atoms with Crippen LogP contribution in [0.25, 0.3) is 0 Å². The molecule has 2 atom stereocenters. The van der Waals surface area contributed by atoms with Crippen molar-refractivity contribution in [3.8, 4) is 0 Å². The van der Waals surface area contributed by atoms with Gasteiger partial charge in [0.05, 0.1) is 6.54 Å². The Morgan fingerprint density at radius 2 is 2.21 bits per heavy atom. The predicted molar refractivity (Wildman–Crippen MR) is 55.0 cm³/mol. The topological polar surface area (TPSA) is 44.4 Å². The number of nitrogens with one attached hydrogen (secondary N) is 2. The fourth-order valence-corrected chi connectivity index (χ4v) is 2.20. The fraction of sp³-hybridized carbons (Fsp3) is 0.900. The number of hydrogen-bond donors (Lipinski definition) is 2. The fourth-order valence-electron chi connectivity index (χ4n) is 2.20. The van der Waals surface area contributed by atoms with Crippen LogP contribution in [0.1, 0.15) is 13.8 Å². The van der Waals surface area contributed by atoms with Crippen molar-refractivity contribution in [1.29, 1.82) is 0 Å². The molecular weight excluding hydrogens is 178 g/mol. The van der Waals surface area contributed by atoms with Crippen LogP contribution in [0.2, 0.25) is 0 Å². The van der Waals surface area contributed by atoms with Crippen LogP contribution in [0.4, 0.5) is 0 Å². The molecule has 4 heteroatoms. The van der Waals surface area contributed by atoms with Gasteiger partial charge in [0.25, 0.3) is 0 Å². The van der Waals surface area contributed by atoms with Crippen molar-refractivity contribution in [2.24, 2.45) is 5.92 Å². The lowest BCUT2D eigenvalue weighted by Gasteiger charge is -2.43. The minimum absolute atomic E-state index is 0.172. The molecule has 0 bridgehead atoms. The second-order valence-electron chi connectivity index (χ2n) is 4.65. The molecule has 2 rings (SSSR count). The SMILES string of the molecule is CC(C)C1CN2CC(=O)NCC2CN1. The molecular formula is C10H19N3O. The Labute approximate surface area is 85.0 Å². The Bertz CT molecular complexity index is 229. The third kappa shape index (κ3) is 1.91. The molecule has 0 aromatic carbocycles. The second-order valence-corrected chi connectivity index (χ2v) is 4.65. The highest BCUT2D eigenvalue weighted by atomic mass is 16.2. The predicted octanol–water partition coefficient (Wildman–Crippen LogP) is -0.585. The Balaban J connectivity index is 1.96. The molecule has 0 radical (unpaired) electrons. The van der Waals surface area contributed by atoms with Gasteiger partial charge in [-0.05, 0) is 5.92 Å². The van der Waals surface area contributed by atoms with Gasteiger partial charge in [0.15, 0.2) is 0 Å². The third-order valence-electron chi connectivity index (χ3n) is 3.25. The molecule has 2 heterocycles. The normalized spacial score (nSPS) is 34.1. The number of fused-ring (bicyclic) bond motifs is 1. The molecule has 80 valence electrons. The van der Waals surface area contributed by atoms with Gasteiger partial charge in [0, 0.05) is 31.7 Å². The number of piperazine rings is 2. The molecule has 2 fully saturated rings. The van der Waals surface area contributed by atoms with Crippen LogP contribution in [-0.2, 0) is 4.79 Å². The minimum Gasteiger partial charge on any atom is -0.353 e. The number of nitrogens with zero attached hydrogens (tertiary/aromatic N) is 1. The van der Waals surface area contributed by atoms with E-state index >= 15 is 0 Å². The molecule has 0 aromatic rings. The number of amides is 1. The van der Waals surface area contributed by atoms with E-state index in [9.17, 15) is 4.79 Å². The lowest BCUT2D eigenvalue weighted by Crippen LogP contribution is -2.65. The highest BCUT2D eigenvalue weighted by Crippen LogP contribution is 2.13. The van der Waals surface area contributed by atoms with Gasteiger partial charge >= 0.3 is 0 Å². The standard InChI is InChI=1S/C10H19N3O/c1-7(2)9-5-13-6-10(14)12-4-8(13)3-11-9/h7-9,11H,3-6H2,1-2H3,(H,12,14). The molecule has 2 aliphatic heterocycles. The molecule has 2 saturated heterocycles. The smallest absolute Gasteiger partial charge is 0.234 e. The summed E-state index contributed by atoms with van der Waals surface area (Å²) in [5.74, 6) is 0.812. The Hall–Kier alpha value is -0.610. The van der Waals surface area contributed by atoms with Crippen molar-refractivity contribution in [2.75, 3.05) is 26.2 Å². The molecule has 0 spiro atoms. The van der Waals surface area contributed by atoms with Gasteiger partial charge in [0.1, 0.15) is 0 Å². The van der Waals surface area contributed by atoms with E-state index in [2.05, 4.69) is 29.4 Å². The van der Waals surface area contributed by atoms with Gasteiger partial charge in [-0.25, -0.2) is 0 Å². The summed E-state index contributed by atoms with van der Waals surface area (Å²) in [6.07, 6.45) is 0. The highest BCUT2D eigenvalue weighted by Gasteiger charge is 2.33. The molecule has 2 N–H and O–H groups in total. The van der Waals surface area contributed by atoms with Crippen molar-refractivity contribution in [3.05, 3.63) is 0 Å². The monoisotopic (exact) mass is 197 g/mol. The quantitative estimate of drug-likeness (QED) is 0.591. The van der Waals surface area contributed by atoms with E-state index in [1.165, 1.54) is 0 Å². The van der Waals surface area contributed by atoms with Crippen LogP contribution in [-0.4, -0.2) is 49.1 Å². The van der Waals surface area contributed by atoms with E-state index < -0.39 is 0 Å². The summed E-state index contributed by atoms with van der Waals surface area (Å²) in [7, 11) is 0. The van der Waals surface area contributed by atoms with Gasteiger partial charge in [-0.3, -0.25) is 9.69 Å². The second kappa shape index (κ2) is 3.87. The first-order valence-corrected chi connectivity index (χ1v) is 5.41. The van der Waals surface area contributed by atoms with Crippen LogP contribution in [0, 0.1) is 5.92 Å². The lowest BCUT2D eigenvalue weighted by atomic mass is 9.98. The lowest BCUT2D eigenvalue weighted by molar-refractivity contribution is -0.126. The molecule has 14 heavy (non-hydrogen) atoms. The van der Waals surface area contributed by atoms with Crippen LogP contribution < -0.4 is 10.6 Å². The zero-order valence-electron chi connectivity index (χ0n) is 8.92. The number of carbonyl (C=O) groups is 1. The Kier molecular flexibility index (Phi) is 2.74. The maximum atomic E-state index is 11.2. The first-order chi connectivity index (χ1) is 6.66. The van der Waals surface area contributed by atoms with Crippen LogP contribution in [0.3, 0.4) is 0 Å². The average Bonchev–Trinajstić information content (AvgIpc) is 2.16. The van der Waals surface area contributed by atoms with Gasteiger partial charge in [-0.2, -0.15) is 0 Å². The number of hydrogen-bond acceptors (Lipinski definition) is 3. The maximum absolute atomic E-state index is 11.2. The van der Waals surface area contributed by atoms with Crippen LogP contribution in [0.5, 0.6) is 0 Å². The van der Waals surface area contributed by atoms with Crippen molar-refractivity contribution in [2.45, 2.75) is 25.9 Å². The minimum atomic E-state index is 0.172. The summed E-state index contributed by atoms with van der Waals surface area (Å²) in [4.78, 5) is 13.5. The van der Waals surface area contributed by atoms with E-state index in [0.29, 0.717) is 24.5 Å². The highest BCUT2D eigenvalue weighted by molar-refractivity contribution is 5.78. The third-order valence-corrected chi connectivity index (χ3v) is 3.25. The Morgan fingerprint density at radius 3 is 2.93 bits per heavy atom. The number of carbonyl (C=O) groups excluding carboxylic acids is 1. The Morgan fingerprint density at radius 1 is 1.43 bits per heavy atom. The molecule has 2 unspecified atom stereocenters. The molecule has 0 aromatic heterocycles. The van der Waals surface area contributed by atoms with E-state index in [1.807, 2.05) is 0 Å². The first kappa shape index (κ1) is 9.93. The van der Waals surface area contributed by atoms with E-state index in [0.717, 1.165) is 19.6 Å². The summed E-state index contributed by atoms with van der Waals surface area (Å²) < 4.78 is 0. The van der Waals surface area contributed by atoms with Crippen molar-refractivity contribution >= 4 is 5.91 Å². The van der Waals surface area contributed by atoms with Crippen molar-refractivity contribution in [1.82, 2.24) is 15.5 Å². The van der Waals surface area contributed by atoms with Gasteiger partial charge in [-0.1, -0.05) is 13.8 Å². The van der Waals surface area contributed by atoms with Crippen molar-refractivity contribution in [3.63, 3.8) is 0 Å². The van der Waals surface area contributed by atoms with Crippen molar-refractivity contribution < 1.29 is 4.79 Å². The summed E-state index contributed by atoms with van der Waals surface area (Å²) in [6.45, 7) is 7.84. The first-order valence-electron chi connectivity index (χ1n) is 5.41. The number of rotatable bonds is 1. The zero-order chi connectivity index (χ0) is 10.1.